The molecule has 20 heavy (non-hydrogen) atoms. The van der Waals surface area contributed by atoms with E-state index in [1.165, 1.54) is 16.7 Å². The molecule has 0 radical (unpaired) electrons. The van der Waals surface area contributed by atoms with Gasteiger partial charge < -0.3 is 10.5 Å². The minimum Gasteiger partial charge on any atom is -0.493 e. The SMILES string of the molecule is NCCc1ccccc1C[C@@H]1COc2ccccc2C1. The van der Waals surface area contributed by atoms with Gasteiger partial charge in [-0.2, -0.15) is 0 Å². The quantitative estimate of drug-likeness (QED) is 0.924. The molecule has 2 aromatic rings. The summed E-state index contributed by atoms with van der Waals surface area (Å²) < 4.78 is 5.88. The molecule has 0 saturated carbocycles. The molecule has 1 aliphatic rings. The maximum atomic E-state index is 5.88. The fourth-order valence-electron chi connectivity index (χ4n) is 2.99. The largest absolute Gasteiger partial charge is 0.493 e. The molecule has 104 valence electrons. The number of benzene rings is 2. The van der Waals surface area contributed by atoms with Crippen molar-refractivity contribution in [2.75, 3.05) is 13.2 Å². The van der Waals surface area contributed by atoms with Gasteiger partial charge in [0.1, 0.15) is 5.75 Å². The van der Waals surface area contributed by atoms with Crippen molar-refractivity contribution in [3.05, 3.63) is 65.2 Å². The van der Waals surface area contributed by atoms with Crippen molar-refractivity contribution in [2.24, 2.45) is 11.7 Å². The van der Waals surface area contributed by atoms with Gasteiger partial charge in [-0.1, -0.05) is 42.5 Å². The average Bonchev–Trinajstić information content (AvgIpc) is 2.49. The molecule has 0 amide bonds. The maximum Gasteiger partial charge on any atom is 0.122 e. The molecule has 0 unspecified atom stereocenters. The average molecular weight is 267 g/mol. The Balaban J connectivity index is 1.74. The normalized spacial score (nSPS) is 17.4. The summed E-state index contributed by atoms with van der Waals surface area (Å²) in [5.74, 6) is 1.61. The zero-order chi connectivity index (χ0) is 13.8. The Morgan fingerprint density at radius 2 is 1.75 bits per heavy atom. The number of ether oxygens (including phenoxy) is 1. The summed E-state index contributed by atoms with van der Waals surface area (Å²) >= 11 is 0. The summed E-state index contributed by atoms with van der Waals surface area (Å²) in [6.45, 7) is 1.52. The summed E-state index contributed by atoms with van der Waals surface area (Å²) in [6, 6.07) is 17.0. The molecular weight excluding hydrogens is 246 g/mol. The van der Waals surface area contributed by atoms with Crippen LogP contribution in [0, 0.1) is 5.92 Å². The highest BCUT2D eigenvalue weighted by Crippen LogP contribution is 2.29. The van der Waals surface area contributed by atoms with Gasteiger partial charge in [0, 0.05) is 5.92 Å². The van der Waals surface area contributed by atoms with E-state index in [4.69, 9.17) is 10.5 Å². The number of fused-ring (bicyclic) bond motifs is 1. The summed E-state index contributed by atoms with van der Waals surface area (Å²) in [4.78, 5) is 0. The lowest BCUT2D eigenvalue weighted by Gasteiger charge is -2.26. The van der Waals surface area contributed by atoms with Gasteiger partial charge in [0.2, 0.25) is 0 Å². The van der Waals surface area contributed by atoms with E-state index in [1.54, 1.807) is 0 Å². The van der Waals surface area contributed by atoms with Gasteiger partial charge in [0.15, 0.2) is 0 Å². The number of rotatable bonds is 4. The first-order valence-corrected chi connectivity index (χ1v) is 7.34. The van der Waals surface area contributed by atoms with E-state index in [9.17, 15) is 0 Å². The van der Waals surface area contributed by atoms with Crippen molar-refractivity contribution in [3.8, 4) is 5.75 Å². The predicted octanol–water partition coefficient (Wildman–Crippen LogP) is 2.98. The second-order valence-electron chi connectivity index (χ2n) is 5.50. The Morgan fingerprint density at radius 1 is 1.00 bits per heavy atom. The smallest absolute Gasteiger partial charge is 0.122 e. The van der Waals surface area contributed by atoms with Crippen LogP contribution < -0.4 is 10.5 Å². The lowest BCUT2D eigenvalue weighted by molar-refractivity contribution is 0.221. The van der Waals surface area contributed by atoms with E-state index in [-0.39, 0.29) is 0 Å². The Morgan fingerprint density at radius 3 is 2.60 bits per heavy atom. The maximum absolute atomic E-state index is 5.88. The molecule has 0 bridgehead atoms. The van der Waals surface area contributed by atoms with Crippen LogP contribution in [0.2, 0.25) is 0 Å². The molecule has 2 heteroatoms. The number of para-hydroxylation sites is 1. The van der Waals surface area contributed by atoms with Crippen molar-refractivity contribution in [1.82, 2.24) is 0 Å². The lowest BCUT2D eigenvalue weighted by Crippen LogP contribution is -2.23. The van der Waals surface area contributed by atoms with Gasteiger partial charge in [0.25, 0.3) is 0 Å². The standard InChI is InChI=1S/C18H21NO/c19-10-9-15-5-1-2-6-16(15)11-14-12-17-7-3-4-8-18(17)20-13-14/h1-8,14H,9-13,19H2/t14-/m0/s1. The number of nitrogens with two attached hydrogens (primary N) is 1. The van der Waals surface area contributed by atoms with E-state index >= 15 is 0 Å². The number of hydrogen-bond acceptors (Lipinski definition) is 2. The van der Waals surface area contributed by atoms with E-state index in [2.05, 4.69) is 42.5 Å². The van der Waals surface area contributed by atoms with Crippen molar-refractivity contribution >= 4 is 0 Å². The fourth-order valence-corrected chi connectivity index (χ4v) is 2.99. The first kappa shape index (κ1) is 13.2. The first-order chi connectivity index (χ1) is 9.86. The van der Waals surface area contributed by atoms with E-state index in [0.717, 1.165) is 31.6 Å². The first-order valence-electron chi connectivity index (χ1n) is 7.34. The van der Waals surface area contributed by atoms with Crippen LogP contribution in [-0.2, 0) is 19.3 Å². The predicted molar refractivity (Wildman–Crippen MR) is 82.0 cm³/mol. The van der Waals surface area contributed by atoms with Crippen LogP contribution in [0.15, 0.2) is 48.5 Å². The van der Waals surface area contributed by atoms with Gasteiger partial charge in [0.05, 0.1) is 6.61 Å². The third-order valence-electron chi connectivity index (χ3n) is 4.00. The number of hydrogen-bond donors (Lipinski definition) is 1. The molecule has 2 nitrogen and oxygen atoms in total. The van der Waals surface area contributed by atoms with Crippen LogP contribution in [0.1, 0.15) is 16.7 Å². The molecule has 2 N–H and O–H groups in total. The molecular formula is C18H21NO. The molecule has 0 aromatic heterocycles. The van der Waals surface area contributed by atoms with Crippen LogP contribution in [0.5, 0.6) is 5.75 Å². The Hall–Kier alpha value is -1.80. The van der Waals surface area contributed by atoms with E-state index < -0.39 is 0 Å². The van der Waals surface area contributed by atoms with Crippen LogP contribution in [0.25, 0.3) is 0 Å². The molecule has 1 heterocycles. The summed E-state index contributed by atoms with van der Waals surface area (Å²) in [6.07, 6.45) is 3.14. The van der Waals surface area contributed by atoms with Crippen molar-refractivity contribution < 1.29 is 4.74 Å². The van der Waals surface area contributed by atoms with Gasteiger partial charge in [-0.05, 0) is 48.6 Å². The van der Waals surface area contributed by atoms with Crippen LogP contribution in [0.3, 0.4) is 0 Å². The van der Waals surface area contributed by atoms with Crippen molar-refractivity contribution in [1.29, 1.82) is 0 Å². The topological polar surface area (TPSA) is 35.2 Å². The van der Waals surface area contributed by atoms with Gasteiger partial charge in [-0.3, -0.25) is 0 Å². The van der Waals surface area contributed by atoms with Crippen molar-refractivity contribution in [3.63, 3.8) is 0 Å². The molecule has 1 aliphatic heterocycles. The van der Waals surface area contributed by atoms with Crippen LogP contribution in [-0.4, -0.2) is 13.2 Å². The van der Waals surface area contributed by atoms with Gasteiger partial charge in [-0.15, -0.1) is 0 Å². The van der Waals surface area contributed by atoms with Crippen LogP contribution in [0.4, 0.5) is 0 Å². The third kappa shape index (κ3) is 2.86. The molecule has 2 aromatic carbocycles. The second-order valence-corrected chi connectivity index (χ2v) is 5.50. The summed E-state index contributed by atoms with van der Waals surface area (Å²) in [7, 11) is 0. The van der Waals surface area contributed by atoms with Gasteiger partial charge >= 0.3 is 0 Å². The van der Waals surface area contributed by atoms with E-state index in [0.29, 0.717) is 12.5 Å². The summed E-state index contributed by atoms with van der Waals surface area (Å²) in [5, 5.41) is 0. The Labute approximate surface area is 120 Å². The van der Waals surface area contributed by atoms with Gasteiger partial charge in [-0.25, -0.2) is 0 Å². The molecule has 0 fully saturated rings. The monoisotopic (exact) mass is 267 g/mol. The Kier molecular flexibility index (Phi) is 4.03. The van der Waals surface area contributed by atoms with E-state index in [1.807, 2.05) is 6.07 Å². The molecule has 1 atom stereocenters. The molecule has 0 saturated heterocycles. The Bertz CT molecular complexity index is 579. The second kappa shape index (κ2) is 6.10. The van der Waals surface area contributed by atoms with Crippen LogP contribution >= 0.6 is 0 Å². The highest BCUT2D eigenvalue weighted by atomic mass is 16.5. The highest BCUT2D eigenvalue weighted by molar-refractivity contribution is 5.36. The zero-order valence-electron chi connectivity index (χ0n) is 11.7. The molecule has 3 rings (SSSR count). The molecule has 0 aliphatic carbocycles. The fraction of sp³-hybridized carbons (Fsp3) is 0.333. The molecule has 0 spiro atoms. The summed E-state index contributed by atoms with van der Waals surface area (Å²) in [5.41, 5.74) is 9.84. The minimum atomic E-state index is 0.559. The minimum absolute atomic E-state index is 0.559. The highest BCUT2D eigenvalue weighted by Gasteiger charge is 2.20. The lowest BCUT2D eigenvalue weighted by atomic mass is 9.89. The van der Waals surface area contributed by atoms with Crippen molar-refractivity contribution in [2.45, 2.75) is 19.3 Å². The third-order valence-corrected chi connectivity index (χ3v) is 4.00. The zero-order valence-corrected chi connectivity index (χ0v) is 11.7.